The Morgan fingerprint density at radius 1 is 1.07 bits per heavy atom. The Morgan fingerprint density at radius 2 is 1.78 bits per heavy atom. The van der Waals surface area contributed by atoms with Crippen molar-refractivity contribution >= 4 is 22.6 Å². The zero-order valence-electron chi connectivity index (χ0n) is 15.6. The summed E-state index contributed by atoms with van der Waals surface area (Å²) in [6.07, 6.45) is 0.640. The number of para-hydroxylation sites is 1. The number of benzene rings is 2. The summed E-state index contributed by atoms with van der Waals surface area (Å²) in [5, 5.41) is 3.47. The van der Waals surface area contributed by atoms with Crippen molar-refractivity contribution in [1.29, 1.82) is 0 Å². The Balaban J connectivity index is 1.48. The van der Waals surface area contributed by atoms with E-state index in [2.05, 4.69) is 10.3 Å². The van der Waals surface area contributed by atoms with Crippen LogP contribution in [-0.2, 0) is 9.53 Å². The van der Waals surface area contributed by atoms with Crippen LogP contribution in [0, 0.1) is 6.92 Å². The number of rotatable bonds is 8. The number of nitrogens with one attached hydrogen (secondary N) is 2. The average molecular weight is 364 g/mol. The van der Waals surface area contributed by atoms with Gasteiger partial charge in [0.2, 0.25) is 0 Å². The topological polar surface area (TPSA) is 71.2 Å². The SMILES string of the molecule is Cc1[nH]c2ccccc2c1C(=O)C(=O)NCCCOC(C)c1ccccc1. The summed E-state index contributed by atoms with van der Waals surface area (Å²) in [6.45, 7) is 4.71. The van der Waals surface area contributed by atoms with Crippen LogP contribution in [0.5, 0.6) is 0 Å². The zero-order chi connectivity index (χ0) is 19.2. The first-order chi connectivity index (χ1) is 13.1. The molecule has 3 aromatic rings. The number of carbonyl (C=O) groups excluding carboxylic acids is 2. The van der Waals surface area contributed by atoms with E-state index in [1.807, 2.05) is 61.5 Å². The number of ketones is 1. The van der Waals surface area contributed by atoms with E-state index in [1.54, 1.807) is 6.92 Å². The second-order valence-electron chi connectivity index (χ2n) is 6.53. The standard InChI is InChI=1S/C22H24N2O3/c1-15-20(18-11-6-7-12-19(18)24-15)21(25)22(26)23-13-8-14-27-16(2)17-9-4-3-5-10-17/h3-7,9-12,16,24H,8,13-14H2,1-2H3,(H,23,26). The molecule has 0 radical (unpaired) electrons. The van der Waals surface area contributed by atoms with Crippen LogP contribution in [0.4, 0.5) is 0 Å². The summed E-state index contributed by atoms with van der Waals surface area (Å²) >= 11 is 0. The van der Waals surface area contributed by atoms with Crippen molar-refractivity contribution in [3.05, 3.63) is 71.4 Å². The van der Waals surface area contributed by atoms with E-state index < -0.39 is 11.7 Å². The summed E-state index contributed by atoms with van der Waals surface area (Å²) in [6, 6.07) is 17.5. The number of aromatic nitrogens is 1. The fourth-order valence-electron chi connectivity index (χ4n) is 3.12. The molecule has 27 heavy (non-hydrogen) atoms. The third-order valence-electron chi connectivity index (χ3n) is 4.57. The molecule has 5 nitrogen and oxygen atoms in total. The lowest BCUT2D eigenvalue weighted by Gasteiger charge is -2.13. The molecule has 1 atom stereocenters. The number of hydrogen-bond donors (Lipinski definition) is 2. The maximum atomic E-state index is 12.5. The molecule has 1 heterocycles. The number of aryl methyl sites for hydroxylation is 1. The van der Waals surface area contributed by atoms with Crippen molar-refractivity contribution in [2.24, 2.45) is 0 Å². The Bertz CT molecular complexity index is 931. The van der Waals surface area contributed by atoms with E-state index in [-0.39, 0.29) is 6.10 Å². The van der Waals surface area contributed by atoms with Crippen LogP contribution in [0.1, 0.15) is 41.1 Å². The van der Waals surface area contributed by atoms with Gasteiger partial charge in [-0.05, 0) is 31.9 Å². The number of hydrogen-bond acceptors (Lipinski definition) is 3. The lowest BCUT2D eigenvalue weighted by atomic mass is 10.1. The Morgan fingerprint density at radius 3 is 2.56 bits per heavy atom. The number of H-pyrrole nitrogens is 1. The summed E-state index contributed by atoms with van der Waals surface area (Å²) in [5.41, 5.74) is 3.12. The first-order valence-corrected chi connectivity index (χ1v) is 9.14. The number of amides is 1. The van der Waals surface area contributed by atoms with Gasteiger partial charge in [-0.2, -0.15) is 0 Å². The van der Waals surface area contributed by atoms with Gasteiger partial charge in [0.25, 0.3) is 11.7 Å². The monoisotopic (exact) mass is 364 g/mol. The molecule has 0 aliphatic carbocycles. The van der Waals surface area contributed by atoms with Gasteiger partial charge in [0.05, 0.1) is 11.7 Å². The van der Waals surface area contributed by atoms with Gasteiger partial charge in [-0.15, -0.1) is 0 Å². The Hall–Kier alpha value is -2.92. The molecule has 5 heteroatoms. The molecule has 0 aliphatic rings. The lowest BCUT2D eigenvalue weighted by molar-refractivity contribution is -0.117. The van der Waals surface area contributed by atoms with Crippen LogP contribution in [0.3, 0.4) is 0 Å². The Labute approximate surface area is 158 Å². The van der Waals surface area contributed by atoms with Gasteiger partial charge in [-0.3, -0.25) is 9.59 Å². The minimum atomic E-state index is -0.584. The summed E-state index contributed by atoms with van der Waals surface area (Å²) in [4.78, 5) is 27.9. The molecule has 0 aliphatic heterocycles. The van der Waals surface area contributed by atoms with Gasteiger partial charge < -0.3 is 15.0 Å². The number of aromatic amines is 1. The molecule has 2 aromatic carbocycles. The van der Waals surface area contributed by atoms with Crippen LogP contribution >= 0.6 is 0 Å². The summed E-state index contributed by atoms with van der Waals surface area (Å²) in [5.74, 6) is -1.09. The van der Waals surface area contributed by atoms with Gasteiger partial charge in [0.1, 0.15) is 0 Å². The molecule has 3 rings (SSSR count). The largest absolute Gasteiger partial charge is 0.374 e. The van der Waals surface area contributed by atoms with Crippen molar-refractivity contribution in [2.75, 3.05) is 13.2 Å². The molecular weight excluding hydrogens is 340 g/mol. The number of Topliss-reactive ketones (excluding diaryl/α,β-unsaturated/α-hetero) is 1. The second kappa shape index (κ2) is 8.64. The molecule has 1 amide bonds. The summed E-state index contributed by atoms with van der Waals surface area (Å²) < 4.78 is 5.78. The van der Waals surface area contributed by atoms with E-state index in [4.69, 9.17) is 4.74 Å². The molecule has 0 fully saturated rings. The van der Waals surface area contributed by atoms with Gasteiger partial charge in [0.15, 0.2) is 0 Å². The molecule has 0 saturated carbocycles. The molecule has 0 spiro atoms. The molecule has 140 valence electrons. The maximum absolute atomic E-state index is 12.5. The lowest BCUT2D eigenvalue weighted by Crippen LogP contribution is -2.32. The normalized spacial score (nSPS) is 12.1. The summed E-state index contributed by atoms with van der Waals surface area (Å²) in [7, 11) is 0. The van der Waals surface area contributed by atoms with E-state index in [0.29, 0.717) is 30.8 Å². The van der Waals surface area contributed by atoms with Crippen molar-refractivity contribution in [1.82, 2.24) is 10.3 Å². The van der Waals surface area contributed by atoms with Crippen LogP contribution in [-0.4, -0.2) is 29.8 Å². The number of fused-ring (bicyclic) bond motifs is 1. The number of carbonyl (C=O) groups is 2. The van der Waals surface area contributed by atoms with Crippen molar-refractivity contribution in [2.45, 2.75) is 26.4 Å². The third-order valence-corrected chi connectivity index (χ3v) is 4.57. The maximum Gasteiger partial charge on any atom is 0.292 e. The average Bonchev–Trinajstić information content (AvgIpc) is 3.03. The smallest absolute Gasteiger partial charge is 0.292 e. The van der Waals surface area contributed by atoms with Gasteiger partial charge in [-0.25, -0.2) is 0 Å². The third kappa shape index (κ3) is 4.44. The minimum Gasteiger partial charge on any atom is -0.374 e. The molecule has 2 N–H and O–H groups in total. The fraction of sp³-hybridized carbons (Fsp3) is 0.273. The van der Waals surface area contributed by atoms with Crippen molar-refractivity contribution in [3.8, 4) is 0 Å². The van der Waals surface area contributed by atoms with Crippen molar-refractivity contribution < 1.29 is 14.3 Å². The highest BCUT2D eigenvalue weighted by Gasteiger charge is 2.22. The Kier molecular flexibility index (Phi) is 6.04. The van der Waals surface area contributed by atoms with E-state index in [9.17, 15) is 9.59 Å². The molecular formula is C22H24N2O3. The number of ether oxygens (including phenoxy) is 1. The van der Waals surface area contributed by atoms with Crippen LogP contribution in [0.25, 0.3) is 10.9 Å². The highest BCUT2D eigenvalue weighted by Crippen LogP contribution is 2.22. The van der Waals surface area contributed by atoms with Crippen LogP contribution in [0.2, 0.25) is 0 Å². The predicted molar refractivity (Wildman–Crippen MR) is 106 cm³/mol. The van der Waals surface area contributed by atoms with E-state index in [0.717, 1.165) is 16.5 Å². The first kappa shape index (κ1) is 18.9. The van der Waals surface area contributed by atoms with Crippen molar-refractivity contribution in [3.63, 3.8) is 0 Å². The predicted octanol–water partition coefficient (Wildman–Crippen LogP) is 3.94. The van der Waals surface area contributed by atoms with Gasteiger partial charge in [0, 0.05) is 29.7 Å². The van der Waals surface area contributed by atoms with E-state index >= 15 is 0 Å². The van der Waals surface area contributed by atoms with Crippen LogP contribution in [0.15, 0.2) is 54.6 Å². The molecule has 1 aromatic heterocycles. The fourth-order valence-corrected chi connectivity index (χ4v) is 3.12. The quantitative estimate of drug-likeness (QED) is 0.361. The molecule has 0 saturated heterocycles. The second-order valence-corrected chi connectivity index (χ2v) is 6.53. The first-order valence-electron chi connectivity index (χ1n) is 9.14. The zero-order valence-corrected chi connectivity index (χ0v) is 15.6. The van der Waals surface area contributed by atoms with E-state index in [1.165, 1.54) is 0 Å². The van der Waals surface area contributed by atoms with Gasteiger partial charge in [-0.1, -0.05) is 48.5 Å². The molecule has 1 unspecified atom stereocenters. The molecule has 0 bridgehead atoms. The highest BCUT2D eigenvalue weighted by molar-refractivity contribution is 6.45. The minimum absolute atomic E-state index is 0.00240. The van der Waals surface area contributed by atoms with Crippen LogP contribution < -0.4 is 5.32 Å². The highest BCUT2D eigenvalue weighted by atomic mass is 16.5. The van der Waals surface area contributed by atoms with Gasteiger partial charge >= 0.3 is 0 Å².